The molecule has 1 heterocycles. The fraction of sp³-hybridized carbons (Fsp3) is 0.455. The first-order chi connectivity index (χ1) is 7.25. The third-order valence-electron chi connectivity index (χ3n) is 2.02. The van der Waals surface area contributed by atoms with E-state index in [1.165, 1.54) is 6.42 Å². The second kappa shape index (κ2) is 6.35. The summed E-state index contributed by atoms with van der Waals surface area (Å²) in [6.45, 7) is 2.82. The first-order valence-corrected chi connectivity index (χ1v) is 5.54. The molecular weight excluding hydrogens is 208 g/mol. The molecule has 0 saturated heterocycles. The lowest BCUT2D eigenvalue weighted by molar-refractivity contribution is 0.294. The number of unbranched alkanes of at least 4 members (excludes halogenated alkanes) is 2. The summed E-state index contributed by atoms with van der Waals surface area (Å²) < 4.78 is 5.52. The van der Waals surface area contributed by atoms with Gasteiger partial charge in [-0.15, -0.1) is 0 Å². The molecule has 0 aliphatic heterocycles. The van der Waals surface area contributed by atoms with Crippen LogP contribution in [0.5, 0.6) is 5.88 Å². The van der Waals surface area contributed by atoms with Crippen molar-refractivity contribution in [2.45, 2.75) is 26.2 Å². The first-order valence-electron chi connectivity index (χ1n) is 5.13. The third-order valence-corrected chi connectivity index (χ3v) is 2.24. The molecule has 0 fully saturated rings. The Morgan fingerprint density at radius 3 is 3.00 bits per heavy atom. The standard InChI is InChI=1S/C11H16N2OS/c1-2-3-4-8-14-11-9(10(12)15)6-5-7-13-11/h5-7H,2-4,8H2,1H3,(H2,12,15). The van der Waals surface area contributed by atoms with Gasteiger partial charge in [0.25, 0.3) is 0 Å². The van der Waals surface area contributed by atoms with E-state index in [0.717, 1.165) is 12.8 Å². The van der Waals surface area contributed by atoms with Crippen LogP contribution in [-0.4, -0.2) is 16.6 Å². The van der Waals surface area contributed by atoms with E-state index in [4.69, 9.17) is 22.7 Å². The van der Waals surface area contributed by atoms with Crippen LogP contribution >= 0.6 is 12.2 Å². The van der Waals surface area contributed by atoms with E-state index < -0.39 is 0 Å². The fourth-order valence-corrected chi connectivity index (χ4v) is 1.37. The highest BCUT2D eigenvalue weighted by molar-refractivity contribution is 7.80. The number of ether oxygens (including phenoxy) is 1. The molecule has 0 aromatic carbocycles. The summed E-state index contributed by atoms with van der Waals surface area (Å²) >= 11 is 4.91. The van der Waals surface area contributed by atoms with Crippen LogP contribution in [0.3, 0.4) is 0 Å². The van der Waals surface area contributed by atoms with E-state index in [9.17, 15) is 0 Å². The van der Waals surface area contributed by atoms with Crippen LogP contribution < -0.4 is 10.5 Å². The average Bonchev–Trinajstić information content (AvgIpc) is 2.25. The maximum absolute atomic E-state index is 5.56. The van der Waals surface area contributed by atoms with Gasteiger partial charge in [0.1, 0.15) is 4.99 Å². The topological polar surface area (TPSA) is 48.1 Å². The maximum atomic E-state index is 5.56. The Hall–Kier alpha value is -1.16. The largest absolute Gasteiger partial charge is 0.477 e. The van der Waals surface area contributed by atoms with Crippen LogP contribution in [0.4, 0.5) is 0 Å². The molecule has 0 unspecified atom stereocenters. The minimum atomic E-state index is 0.327. The molecule has 0 amide bonds. The summed E-state index contributed by atoms with van der Waals surface area (Å²) in [4.78, 5) is 4.44. The molecule has 0 saturated carbocycles. The Bertz CT molecular complexity index is 328. The maximum Gasteiger partial charge on any atom is 0.223 e. The SMILES string of the molecule is CCCCCOc1ncccc1C(N)=S. The van der Waals surface area contributed by atoms with Crippen LogP contribution in [-0.2, 0) is 0 Å². The highest BCUT2D eigenvalue weighted by Gasteiger charge is 2.06. The zero-order valence-corrected chi connectivity index (χ0v) is 9.72. The van der Waals surface area contributed by atoms with Gasteiger partial charge in [-0.3, -0.25) is 0 Å². The predicted octanol–water partition coefficient (Wildman–Crippen LogP) is 2.28. The molecule has 0 atom stereocenters. The molecule has 0 radical (unpaired) electrons. The average molecular weight is 224 g/mol. The number of nitrogens with two attached hydrogens (primary N) is 1. The summed E-state index contributed by atoms with van der Waals surface area (Å²) in [7, 11) is 0. The van der Waals surface area contributed by atoms with Crippen molar-refractivity contribution in [1.29, 1.82) is 0 Å². The number of hydrogen-bond donors (Lipinski definition) is 1. The van der Waals surface area contributed by atoms with Gasteiger partial charge < -0.3 is 10.5 Å². The molecule has 0 bridgehead atoms. The molecule has 1 aromatic rings. The molecule has 82 valence electrons. The summed E-state index contributed by atoms with van der Waals surface area (Å²) in [6.07, 6.45) is 5.05. The van der Waals surface area contributed by atoms with E-state index in [2.05, 4.69) is 11.9 Å². The minimum Gasteiger partial charge on any atom is -0.477 e. The Balaban J connectivity index is 2.56. The van der Waals surface area contributed by atoms with Gasteiger partial charge in [0.05, 0.1) is 12.2 Å². The molecule has 1 rings (SSSR count). The van der Waals surface area contributed by atoms with Crippen LogP contribution in [0.1, 0.15) is 31.7 Å². The van der Waals surface area contributed by atoms with Gasteiger partial charge in [-0.25, -0.2) is 4.98 Å². The predicted molar refractivity (Wildman–Crippen MR) is 65.1 cm³/mol. The summed E-state index contributed by atoms with van der Waals surface area (Å²) in [5, 5.41) is 0. The first kappa shape index (κ1) is 11.9. The summed E-state index contributed by atoms with van der Waals surface area (Å²) in [6, 6.07) is 3.62. The van der Waals surface area contributed by atoms with Gasteiger partial charge >= 0.3 is 0 Å². The molecule has 0 spiro atoms. The number of nitrogens with zero attached hydrogens (tertiary/aromatic N) is 1. The molecule has 2 N–H and O–H groups in total. The second-order valence-corrected chi connectivity index (χ2v) is 3.72. The second-order valence-electron chi connectivity index (χ2n) is 3.28. The quantitative estimate of drug-likeness (QED) is 0.595. The lowest BCUT2D eigenvalue weighted by Crippen LogP contribution is -2.13. The molecule has 3 nitrogen and oxygen atoms in total. The van der Waals surface area contributed by atoms with Gasteiger partial charge in [-0.05, 0) is 18.6 Å². The van der Waals surface area contributed by atoms with Crippen molar-refractivity contribution >= 4 is 17.2 Å². The Kier molecular flexibility index (Phi) is 5.04. The van der Waals surface area contributed by atoms with Gasteiger partial charge in [0.2, 0.25) is 5.88 Å². The van der Waals surface area contributed by atoms with E-state index >= 15 is 0 Å². The van der Waals surface area contributed by atoms with E-state index in [-0.39, 0.29) is 0 Å². The van der Waals surface area contributed by atoms with Crippen molar-refractivity contribution in [3.8, 4) is 5.88 Å². The Morgan fingerprint density at radius 2 is 2.33 bits per heavy atom. The van der Waals surface area contributed by atoms with Crippen LogP contribution in [0.15, 0.2) is 18.3 Å². The van der Waals surface area contributed by atoms with E-state index in [0.29, 0.717) is 23.0 Å². The summed E-state index contributed by atoms with van der Waals surface area (Å²) in [5.74, 6) is 0.543. The highest BCUT2D eigenvalue weighted by Crippen LogP contribution is 2.14. The van der Waals surface area contributed by atoms with Gasteiger partial charge in [0, 0.05) is 6.20 Å². The molecular formula is C11H16N2OS. The van der Waals surface area contributed by atoms with Crippen LogP contribution in [0.25, 0.3) is 0 Å². The monoisotopic (exact) mass is 224 g/mol. The lowest BCUT2D eigenvalue weighted by Gasteiger charge is -2.08. The number of pyridine rings is 1. The molecule has 0 aliphatic carbocycles. The molecule has 1 aromatic heterocycles. The van der Waals surface area contributed by atoms with Crippen molar-refractivity contribution in [3.05, 3.63) is 23.9 Å². The number of thiocarbonyl (C=S) groups is 1. The fourth-order valence-electron chi connectivity index (χ4n) is 1.21. The van der Waals surface area contributed by atoms with Crippen molar-refractivity contribution < 1.29 is 4.74 Å². The Labute approximate surface area is 95.7 Å². The normalized spacial score (nSPS) is 9.93. The van der Waals surface area contributed by atoms with E-state index in [1.807, 2.05) is 6.07 Å². The third kappa shape index (κ3) is 3.83. The summed E-state index contributed by atoms with van der Waals surface area (Å²) in [5.41, 5.74) is 6.27. The van der Waals surface area contributed by atoms with Gasteiger partial charge in [-0.2, -0.15) is 0 Å². The van der Waals surface area contributed by atoms with Crippen LogP contribution in [0, 0.1) is 0 Å². The van der Waals surface area contributed by atoms with Crippen molar-refractivity contribution in [1.82, 2.24) is 4.98 Å². The number of rotatable bonds is 6. The van der Waals surface area contributed by atoms with Crippen molar-refractivity contribution in [2.24, 2.45) is 5.73 Å². The Morgan fingerprint density at radius 1 is 1.53 bits per heavy atom. The van der Waals surface area contributed by atoms with Crippen LogP contribution in [0.2, 0.25) is 0 Å². The van der Waals surface area contributed by atoms with E-state index in [1.54, 1.807) is 12.3 Å². The lowest BCUT2D eigenvalue weighted by atomic mass is 10.2. The van der Waals surface area contributed by atoms with Gasteiger partial charge in [0.15, 0.2) is 0 Å². The van der Waals surface area contributed by atoms with Gasteiger partial charge in [-0.1, -0.05) is 32.0 Å². The zero-order valence-electron chi connectivity index (χ0n) is 8.90. The minimum absolute atomic E-state index is 0.327. The molecule has 0 aliphatic rings. The van der Waals surface area contributed by atoms with Crippen molar-refractivity contribution in [2.75, 3.05) is 6.61 Å². The highest BCUT2D eigenvalue weighted by atomic mass is 32.1. The molecule has 4 heteroatoms. The number of aromatic nitrogens is 1. The molecule has 15 heavy (non-hydrogen) atoms. The number of hydrogen-bond acceptors (Lipinski definition) is 3. The van der Waals surface area contributed by atoms with Crippen molar-refractivity contribution in [3.63, 3.8) is 0 Å². The zero-order chi connectivity index (χ0) is 11.1. The smallest absolute Gasteiger partial charge is 0.223 e.